The van der Waals surface area contributed by atoms with E-state index in [1.165, 1.54) is 25.3 Å². The van der Waals surface area contributed by atoms with Crippen LogP contribution in [0.4, 0.5) is 0 Å². The van der Waals surface area contributed by atoms with Gasteiger partial charge in [-0.1, -0.05) is 0 Å². The van der Waals surface area contributed by atoms with Crippen molar-refractivity contribution >= 4 is 5.97 Å². The molecule has 0 saturated heterocycles. The maximum Gasteiger partial charge on any atom is 0.341 e. The molecule has 0 spiro atoms. The van der Waals surface area contributed by atoms with Crippen LogP contribution < -0.4 is 10.7 Å². The quantitative estimate of drug-likeness (QED) is 0.513. The molecule has 5 nitrogen and oxygen atoms in total. The van der Waals surface area contributed by atoms with E-state index in [0.29, 0.717) is 0 Å². The average Bonchev–Trinajstić information content (AvgIpc) is 2.17. The maximum absolute atomic E-state index is 11.0. The molecule has 1 aromatic carbocycles. The highest BCUT2D eigenvalue weighted by Crippen LogP contribution is 2.22. The fourth-order valence-electron chi connectivity index (χ4n) is 0.862. The number of ether oxygens (including phenoxy) is 1. The minimum Gasteiger partial charge on any atom is -0.507 e. The Balaban J connectivity index is 3.11. The molecule has 0 amide bonds. The van der Waals surface area contributed by atoms with Gasteiger partial charge in [0.15, 0.2) is 0 Å². The van der Waals surface area contributed by atoms with Crippen molar-refractivity contribution in [2.75, 3.05) is 7.11 Å². The third-order valence-corrected chi connectivity index (χ3v) is 1.51. The van der Waals surface area contributed by atoms with Gasteiger partial charge in [0.25, 0.3) is 0 Å². The topological polar surface area (TPSA) is 81.8 Å². The van der Waals surface area contributed by atoms with Crippen LogP contribution in [-0.4, -0.2) is 18.2 Å². The van der Waals surface area contributed by atoms with Gasteiger partial charge in [0.05, 0.1) is 7.11 Å². The van der Waals surface area contributed by atoms with Gasteiger partial charge < -0.3 is 14.7 Å². The van der Waals surface area contributed by atoms with Gasteiger partial charge >= 0.3 is 5.97 Å². The van der Waals surface area contributed by atoms with Crippen molar-refractivity contribution in [1.82, 2.24) is 0 Å². The number of benzene rings is 1. The summed E-state index contributed by atoms with van der Waals surface area (Å²) in [4.78, 5) is 15.4. The Hall–Kier alpha value is -1.75. The molecule has 0 heterocycles. The molecule has 0 aliphatic heterocycles. The maximum atomic E-state index is 11.0. The molecule has 0 atom stereocenters. The number of carbonyl (C=O) groups excluding carboxylic acids is 1. The molecule has 70 valence electrons. The summed E-state index contributed by atoms with van der Waals surface area (Å²) < 4.78 is 4.42. The molecule has 0 saturated carbocycles. The van der Waals surface area contributed by atoms with Gasteiger partial charge in [0.1, 0.15) is 17.1 Å². The Labute approximate surface area is 74.6 Å². The second-order valence-electron chi connectivity index (χ2n) is 2.29. The minimum absolute atomic E-state index is 0.0189. The molecule has 0 radical (unpaired) electrons. The first kappa shape index (κ1) is 9.34. The van der Waals surface area contributed by atoms with Crippen molar-refractivity contribution in [2.24, 2.45) is 5.90 Å². The van der Waals surface area contributed by atoms with Crippen LogP contribution in [0.5, 0.6) is 11.5 Å². The predicted octanol–water partition coefficient (Wildman–Crippen LogP) is 0.431. The summed E-state index contributed by atoms with van der Waals surface area (Å²) in [6, 6.07) is 4.03. The zero-order chi connectivity index (χ0) is 9.84. The zero-order valence-electron chi connectivity index (χ0n) is 6.98. The van der Waals surface area contributed by atoms with Crippen LogP contribution in [0.15, 0.2) is 18.2 Å². The number of hydrogen-bond acceptors (Lipinski definition) is 5. The van der Waals surface area contributed by atoms with Gasteiger partial charge in [0.2, 0.25) is 0 Å². The first-order valence-electron chi connectivity index (χ1n) is 3.47. The number of phenols is 1. The monoisotopic (exact) mass is 183 g/mol. The molecule has 13 heavy (non-hydrogen) atoms. The first-order valence-corrected chi connectivity index (χ1v) is 3.47. The molecule has 1 rings (SSSR count). The standard InChI is InChI=1S/C8H9NO4/c1-12-8(11)6-4-5(13-9)2-3-7(6)10/h2-4,10H,9H2,1H3. The van der Waals surface area contributed by atoms with Crippen molar-refractivity contribution < 1.29 is 19.5 Å². The molecular formula is C8H9NO4. The van der Waals surface area contributed by atoms with Crippen LogP contribution in [0.2, 0.25) is 0 Å². The Bertz CT molecular complexity index is 324. The van der Waals surface area contributed by atoms with Crippen molar-refractivity contribution in [2.45, 2.75) is 0 Å². The van der Waals surface area contributed by atoms with Gasteiger partial charge in [-0.25, -0.2) is 4.79 Å². The molecule has 0 unspecified atom stereocenters. The molecule has 0 bridgehead atoms. The summed E-state index contributed by atoms with van der Waals surface area (Å²) in [5.41, 5.74) is 0.0189. The van der Waals surface area contributed by atoms with E-state index in [1.54, 1.807) is 0 Å². The summed E-state index contributed by atoms with van der Waals surface area (Å²) in [6.45, 7) is 0. The Morgan fingerprint density at radius 1 is 1.54 bits per heavy atom. The van der Waals surface area contributed by atoms with Crippen molar-refractivity contribution in [3.8, 4) is 11.5 Å². The highest BCUT2D eigenvalue weighted by molar-refractivity contribution is 5.92. The number of nitrogens with two attached hydrogens (primary N) is 1. The second-order valence-corrected chi connectivity index (χ2v) is 2.29. The largest absolute Gasteiger partial charge is 0.507 e. The van der Waals surface area contributed by atoms with E-state index in [0.717, 1.165) is 0 Å². The third kappa shape index (κ3) is 1.88. The first-order chi connectivity index (χ1) is 6.19. The third-order valence-electron chi connectivity index (χ3n) is 1.51. The molecular weight excluding hydrogens is 174 g/mol. The van der Waals surface area contributed by atoms with Crippen LogP contribution in [0.1, 0.15) is 10.4 Å². The summed E-state index contributed by atoms with van der Waals surface area (Å²) in [7, 11) is 1.22. The van der Waals surface area contributed by atoms with E-state index < -0.39 is 5.97 Å². The fourth-order valence-corrected chi connectivity index (χ4v) is 0.862. The minimum atomic E-state index is -0.642. The number of phenolic OH excluding ortho intramolecular Hbond substituents is 1. The Morgan fingerprint density at radius 2 is 2.23 bits per heavy atom. The number of rotatable bonds is 2. The number of esters is 1. The lowest BCUT2D eigenvalue weighted by molar-refractivity contribution is 0.0597. The molecule has 0 aromatic heterocycles. The predicted molar refractivity (Wildman–Crippen MR) is 44.3 cm³/mol. The van der Waals surface area contributed by atoms with Crippen LogP contribution in [-0.2, 0) is 4.74 Å². The lowest BCUT2D eigenvalue weighted by Crippen LogP contribution is -2.05. The van der Waals surface area contributed by atoms with Gasteiger partial charge in [-0.05, 0) is 12.1 Å². The number of hydrogen-bond donors (Lipinski definition) is 2. The zero-order valence-corrected chi connectivity index (χ0v) is 6.98. The lowest BCUT2D eigenvalue weighted by atomic mass is 10.2. The highest BCUT2D eigenvalue weighted by atomic mass is 16.6. The molecule has 0 fully saturated rings. The number of carbonyl (C=O) groups is 1. The normalized spacial score (nSPS) is 9.38. The molecule has 0 aliphatic carbocycles. The van der Waals surface area contributed by atoms with Crippen LogP contribution in [0.3, 0.4) is 0 Å². The lowest BCUT2D eigenvalue weighted by Gasteiger charge is -2.04. The van der Waals surface area contributed by atoms with E-state index >= 15 is 0 Å². The molecule has 5 heteroatoms. The summed E-state index contributed by atoms with van der Waals surface area (Å²) in [5, 5.41) is 9.23. The van der Waals surface area contributed by atoms with E-state index in [1.807, 2.05) is 0 Å². The fraction of sp³-hybridized carbons (Fsp3) is 0.125. The van der Waals surface area contributed by atoms with Gasteiger partial charge in [-0.15, -0.1) is 0 Å². The van der Waals surface area contributed by atoms with Crippen molar-refractivity contribution in [1.29, 1.82) is 0 Å². The van der Waals surface area contributed by atoms with Crippen LogP contribution in [0, 0.1) is 0 Å². The van der Waals surface area contributed by atoms with Crippen LogP contribution >= 0.6 is 0 Å². The summed E-state index contributed by atoms with van der Waals surface area (Å²) in [6.07, 6.45) is 0. The highest BCUT2D eigenvalue weighted by Gasteiger charge is 2.12. The number of aromatic hydroxyl groups is 1. The summed E-state index contributed by atoms with van der Waals surface area (Å²) >= 11 is 0. The van der Waals surface area contributed by atoms with Gasteiger partial charge in [-0.2, -0.15) is 5.90 Å². The summed E-state index contributed by atoms with van der Waals surface area (Å²) in [5.74, 6) is 4.34. The SMILES string of the molecule is COC(=O)c1cc(ON)ccc1O. The van der Waals surface area contributed by atoms with Crippen LogP contribution in [0.25, 0.3) is 0 Å². The Morgan fingerprint density at radius 3 is 2.77 bits per heavy atom. The van der Waals surface area contributed by atoms with Crippen molar-refractivity contribution in [3.05, 3.63) is 23.8 Å². The molecule has 0 aliphatic rings. The van der Waals surface area contributed by atoms with Gasteiger partial charge in [-0.3, -0.25) is 0 Å². The molecule has 3 N–H and O–H groups in total. The average molecular weight is 183 g/mol. The van der Waals surface area contributed by atoms with E-state index in [2.05, 4.69) is 9.57 Å². The Kier molecular flexibility index (Phi) is 2.71. The van der Waals surface area contributed by atoms with Crippen molar-refractivity contribution in [3.63, 3.8) is 0 Å². The smallest absolute Gasteiger partial charge is 0.341 e. The second kappa shape index (κ2) is 3.77. The van der Waals surface area contributed by atoms with E-state index in [9.17, 15) is 9.90 Å². The number of methoxy groups -OCH3 is 1. The van der Waals surface area contributed by atoms with Gasteiger partial charge in [0, 0.05) is 6.07 Å². The molecule has 1 aromatic rings. The van der Waals surface area contributed by atoms with E-state index in [4.69, 9.17) is 5.90 Å². The van der Waals surface area contributed by atoms with E-state index in [-0.39, 0.29) is 17.1 Å².